The SMILES string of the molecule is Cn1nccc1C(=O)N1CCCC1c1ccccc1Cl. The molecule has 0 saturated carbocycles. The Hall–Kier alpha value is -1.81. The third-order valence-electron chi connectivity index (χ3n) is 3.82. The van der Waals surface area contributed by atoms with E-state index in [1.807, 2.05) is 29.2 Å². The standard InChI is InChI=1S/C15H16ClN3O/c1-18-14(8-9-17-18)15(20)19-10-4-7-13(19)11-5-2-3-6-12(11)16/h2-3,5-6,8-9,13H,4,7,10H2,1H3. The second kappa shape index (κ2) is 5.29. The zero-order valence-corrected chi connectivity index (χ0v) is 12.0. The Morgan fingerprint density at radius 1 is 1.35 bits per heavy atom. The fraction of sp³-hybridized carbons (Fsp3) is 0.333. The molecule has 20 heavy (non-hydrogen) atoms. The Balaban J connectivity index is 1.92. The van der Waals surface area contributed by atoms with E-state index < -0.39 is 0 Å². The predicted octanol–water partition coefficient (Wildman–Crippen LogP) is 3.05. The number of benzene rings is 1. The van der Waals surface area contributed by atoms with E-state index in [0.29, 0.717) is 5.69 Å². The van der Waals surface area contributed by atoms with Gasteiger partial charge < -0.3 is 4.90 Å². The molecule has 0 aliphatic carbocycles. The highest BCUT2D eigenvalue weighted by atomic mass is 35.5. The summed E-state index contributed by atoms with van der Waals surface area (Å²) in [5.41, 5.74) is 1.64. The van der Waals surface area contributed by atoms with Crippen molar-refractivity contribution >= 4 is 17.5 Å². The van der Waals surface area contributed by atoms with Crippen LogP contribution in [-0.4, -0.2) is 27.1 Å². The lowest BCUT2D eigenvalue weighted by atomic mass is 10.0. The highest BCUT2D eigenvalue weighted by molar-refractivity contribution is 6.31. The average Bonchev–Trinajstić information content (AvgIpc) is 3.07. The highest BCUT2D eigenvalue weighted by Crippen LogP contribution is 2.36. The van der Waals surface area contributed by atoms with Gasteiger partial charge >= 0.3 is 0 Å². The molecule has 2 heterocycles. The van der Waals surface area contributed by atoms with Gasteiger partial charge in [-0.1, -0.05) is 29.8 Å². The molecule has 2 aromatic rings. The zero-order valence-electron chi connectivity index (χ0n) is 11.3. The fourth-order valence-corrected chi connectivity index (χ4v) is 3.07. The van der Waals surface area contributed by atoms with Crippen molar-refractivity contribution in [2.24, 2.45) is 7.05 Å². The number of hydrogen-bond acceptors (Lipinski definition) is 2. The first kappa shape index (κ1) is 13.2. The van der Waals surface area contributed by atoms with E-state index >= 15 is 0 Å². The molecular formula is C15H16ClN3O. The van der Waals surface area contributed by atoms with Gasteiger partial charge in [0.15, 0.2) is 0 Å². The Bertz CT molecular complexity index is 638. The van der Waals surface area contributed by atoms with Crippen molar-refractivity contribution < 1.29 is 4.79 Å². The van der Waals surface area contributed by atoms with Crippen LogP contribution in [-0.2, 0) is 7.05 Å². The first-order valence-electron chi connectivity index (χ1n) is 6.72. The molecule has 0 N–H and O–H groups in total. The summed E-state index contributed by atoms with van der Waals surface area (Å²) in [6.07, 6.45) is 3.60. The number of carbonyl (C=O) groups is 1. The molecule has 1 aromatic carbocycles. The quantitative estimate of drug-likeness (QED) is 0.852. The van der Waals surface area contributed by atoms with Gasteiger partial charge in [0.1, 0.15) is 5.69 Å². The summed E-state index contributed by atoms with van der Waals surface area (Å²) in [6, 6.07) is 9.57. The second-order valence-electron chi connectivity index (χ2n) is 5.02. The average molecular weight is 290 g/mol. The molecule has 3 rings (SSSR count). The number of hydrogen-bond donors (Lipinski definition) is 0. The largest absolute Gasteiger partial charge is 0.330 e. The molecule has 1 aliphatic heterocycles. The Labute approximate surface area is 123 Å². The van der Waals surface area contributed by atoms with E-state index in [0.717, 1.165) is 30.0 Å². The van der Waals surface area contributed by atoms with Gasteiger partial charge in [0, 0.05) is 24.8 Å². The molecule has 1 atom stereocenters. The second-order valence-corrected chi connectivity index (χ2v) is 5.43. The van der Waals surface area contributed by atoms with Crippen LogP contribution < -0.4 is 0 Å². The minimum atomic E-state index is 0.0208. The predicted molar refractivity (Wildman–Crippen MR) is 77.7 cm³/mol. The van der Waals surface area contributed by atoms with Crippen LogP contribution in [0.3, 0.4) is 0 Å². The third kappa shape index (κ3) is 2.20. The Kier molecular flexibility index (Phi) is 3.49. The van der Waals surface area contributed by atoms with Gasteiger partial charge in [-0.3, -0.25) is 9.48 Å². The van der Waals surface area contributed by atoms with Gasteiger partial charge in [-0.2, -0.15) is 5.10 Å². The van der Waals surface area contributed by atoms with E-state index in [9.17, 15) is 4.79 Å². The third-order valence-corrected chi connectivity index (χ3v) is 4.16. The monoisotopic (exact) mass is 289 g/mol. The van der Waals surface area contributed by atoms with Gasteiger partial charge in [0.05, 0.1) is 6.04 Å². The molecule has 1 aliphatic rings. The van der Waals surface area contributed by atoms with Crippen molar-refractivity contribution in [2.75, 3.05) is 6.54 Å². The fourth-order valence-electron chi connectivity index (χ4n) is 2.81. The summed E-state index contributed by atoms with van der Waals surface area (Å²) < 4.78 is 1.62. The van der Waals surface area contributed by atoms with Gasteiger partial charge in [0.2, 0.25) is 0 Å². The number of carbonyl (C=O) groups excluding carboxylic acids is 1. The van der Waals surface area contributed by atoms with E-state index in [1.54, 1.807) is 24.0 Å². The van der Waals surface area contributed by atoms with Crippen LogP contribution in [0, 0.1) is 0 Å². The lowest BCUT2D eigenvalue weighted by Crippen LogP contribution is -2.32. The summed E-state index contributed by atoms with van der Waals surface area (Å²) in [7, 11) is 1.79. The molecule has 5 heteroatoms. The van der Waals surface area contributed by atoms with Gasteiger partial charge in [0.25, 0.3) is 5.91 Å². The summed E-state index contributed by atoms with van der Waals surface area (Å²) in [5, 5.41) is 4.79. The van der Waals surface area contributed by atoms with Crippen molar-refractivity contribution in [3.63, 3.8) is 0 Å². The van der Waals surface area contributed by atoms with Crippen LogP contribution in [0.2, 0.25) is 5.02 Å². The maximum Gasteiger partial charge on any atom is 0.272 e. The smallest absolute Gasteiger partial charge is 0.272 e. The van der Waals surface area contributed by atoms with Crippen LogP contribution in [0.5, 0.6) is 0 Å². The number of amides is 1. The van der Waals surface area contributed by atoms with Gasteiger partial charge in [-0.25, -0.2) is 0 Å². The number of likely N-dealkylation sites (tertiary alicyclic amines) is 1. The molecule has 1 unspecified atom stereocenters. The first-order chi connectivity index (χ1) is 9.68. The maximum absolute atomic E-state index is 12.6. The lowest BCUT2D eigenvalue weighted by molar-refractivity contribution is 0.0724. The molecule has 104 valence electrons. The van der Waals surface area contributed by atoms with Crippen LogP contribution >= 0.6 is 11.6 Å². The minimum absolute atomic E-state index is 0.0208. The number of aryl methyl sites for hydroxylation is 1. The number of nitrogens with zero attached hydrogens (tertiary/aromatic N) is 3. The minimum Gasteiger partial charge on any atom is -0.330 e. The Morgan fingerprint density at radius 3 is 2.85 bits per heavy atom. The maximum atomic E-state index is 12.6. The number of halogens is 1. The molecule has 0 bridgehead atoms. The van der Waals surface area contributed by atoms with Crippen molar-refractivity contribution in [3.05, 3.63) is 52.8 Å². The molecule has 1 amide bonds. The highest BCUT2D eigenvalue weighted by Gasteiger charge is 2.32. The summed E-state index contributed by atoms with van der Waals surface area (Å²) in [6.45, 7) is 0.764. The molecule has 0 spiro atoms. The number of rotatable bonds is 2. The first-order valence-corrected chi connectivity index (χ1v) is 7.09. The van der Waals surface area contributed by atoms with Crippen molar-refractivity contribution in [1.82, 2.24) is 14.7 Å². The molecule has 1 fully saturated rings. The zero-order chi connectivity index (χ0) is 14.1. The van der Waals surface area contributed by atoms with Crippen LogP contribution in [0.25, 0.3) is 0 Å². The van der Waals surface area contributed by atoms with Crippen molar-refractivity contribution in [2.45, 2.75) is 18.9 Å². The molecule has 1 saturated heterocycles. The molecule has 4 nitrogen and oxygen atoms in total. The molecule has 0 radical (unpaired) electrons. The van der Waals surface area contributed by atoms with Crippen molar-refractivity contribution in [3.8, 4) is 0 Å². The topological polar surface area (TPSA) is 38.1 Å². The van der Waals surface area contributed by atoms with Crippen LogP contribution in [0.15, 0.2) is 36.5 Å². The summed E-state index contributed by atoms with van der Waals surface area (Å²) >= 11 is 6.27. The van der Waals surface area contributed by atoms with E-state index in [2.05, 4.69) is 5.10 Å². The van der Waals surface area contributed by atoms with Gasteiger partial charge in [-0.05, 0) is 30.5 Å². The summed E-state index contributed by atoms with van der Waals surface area (Å²) in [5.74, 6) is 0.0208. The molecular weight excluding hydrogens is 274 g/mol. The Morgan fingerprint density at radius 2 is 2.15 bits per heavy atom. The van der Waals surface area contributed by atoms with Crippen LogP contribution in [0.4, 0.5) is 0 Å². The van der Waals surface area contributed by atoms with E-state index in [-0.39, 0.29) is 11.9 Å². The number of aromatic nitrogens is 2. The van der Waals surface area contributed by atoms with Gasteiger partial charge in [-0.15, -0.1) is 0 Å². The molecule has 1 aromatic heterocycles. The van der Waals surface area contributed by atoms with Crippen LogP contribution in [0.1, 0.15) is 34.9 Å². The summed E-state index contributed by atoms with van der Waals surface area (Å²) in [4.78, 5) is 14.5. The van der Waals surface area contributed by atoms with Crippen molar-refractivity contribution in [1.29, 1.82) is 0 Å². The van der Waals surface area contributed by atoms with E-state index in [1.165, 1.54) is 0 Å². The lowest BCUT2D eigenvalue weighted by Gasteiger charge is -2.25. The normalized spacial score (nSPS) is 18.5. The van der Waals surface area contributed by atoms with E-state index in [4.69, 9.17) is 11.6 Å².